The van der Waals surface area contributed by atoms with Crippen molar-refractivity contribution in [3.63, 3.8) is 0 Å². The molecule has 2 aromatic carbocycles. The summed E-state index contributed by atoms with van der Waals surface area (Å²) in [7, 11) is 0. The minimum absolute atomic E-state index is 0.281. The number of nitrogens with zero attached hydrogens (tertiary/aromatic N) is 3. The lowest BCUT2D eigenvalue weighted by Crippen LogP contribution is -2.13. The molecule has 2 heterocycles. The van der Waals surface area contributed by atoms with Crippen LogP contribution in [0.25, 0.3) is 11.4 Å². The van der Waals surface area contributed by atoms with Crippen LogP contribution in [0.2, 0.25) is 0 Å². The highest BCUT2D eigenvalue weighted by Crippen LogP contribution is 2.28. The molecule has 4 rings (SSSR count). The number of aromatic nitrogens is 3. The van der Waals surface area contributed by atoms with Crippen molar-refractivity contribution in [1.82, 2.24) is 14.8 Å². The Labute approximate surface area is 168 Å². The first kappa shape index (κ1) is 18.7. The second kappa shape index (κ2) is 7.79. The average molecular weight is 447 g/mol. The van der Waals surface area contributed by atoms with E-state index in [1.165, 1.54) is 30.3 Å². The van der Waals surface area contributed by atoms with Gasteiger partial charge in [-0.2, -0.15) is 0 Å². The Kier molecular flexibility index (Phi) is 5.21. The van der Waals surface area contributed by atoms with Crippen LogP contribution in [0.3, 0.4) is 0 Å². The molecule has 1 aliphatic heterocycles. The van der Waals surface area contributed by atoms with Crippen molar-refractivity contribution in [2.24, 2.45) is 0 Å². The van der Waals surface area contributed by atoms with E-state index in [1.807, 2.05) is 4.57 Å². The SMILES string of the molecule is O=C(Nc1ccc(F)c(-c2nnc3n2CCCCC3)c1)c1ccc(F)cc1Br. The molecular weight excluding hydrogens is 430 g/mol. The number of fused-ring (bicyclic) bond motifs is 1. The quantitative estimate of drug-likeness (QED) is 0.617. The van der Waals surface area contributed by atoms with Crippen LogP contribution in [0.15, 0.2) is 40.9 Å². The van der Waals surface area contributed by atoms with E-state index >= 15 is 0 Å². The van der Waals surface area contributed by atoms with Gasteiger partial charge in [0.2, 0.25) is 0 Å². The molecule has 3 aromatic rings. The molecule has 0 aliphatic carbocycles. The molecule has 28 heavy (non-hydrogen) atoms. The number of anilines is 1. The van der Waals surface area contributed by atoms with E-state index < -0.39 is 17.5 Å². The van der Waals surface area contributed by atoms with E-state index in [1.54, 1.807) is 6.07 Å². The molecule has 5 nitrogen and oxygen atoms in total. The molecule has 0 saturated carbocycles. The van der Waals surface area contributed by atoms with Crippen molar-refractivity contribution in [3.8, 4) is 11.4 Å². The molecule has 0 saturated heterocycles. The van der Waals surface area contributed by atoms with Gasteiger partial charge in [0.05, 0.1) is 11.1 Å². The zero-order valence-electron chi connectivity index (χ0n) is 14.9. The molecule has 0 bridgehead atoms. The van der Waals surface area contributed by atoms with Crippen LogP contribution in [0, 0.1) is 11.6 Å². The Morgan fingerprint density at radius 3 is 2.75 bits per heavy atom. The smallest absolute Gasteiger partial charge is 0.256 e. The number of nitrogens with one attached hydrogen (secondary N) is 1. The van der Waals surface area contributed by atoms with Crippen molar-refractivity contribution in [3.05, 3.63) is 63.9 Å². The van der Waals surface area contributed by atoms with E-state index in [9.17, 15) is 13.6 Å². The molecular formula is C20H17BrF2N4O. The molecule has 144 valence electrons. The number of carbonyl (C=O) groups excluding carboxylic acids is 1. The monoisotopic (exact) mass is 446 g/mol. The number of hydrogen-bond acceptors (Lipinski definition) is 3. The topological polar surface area (TPSA) is 59.8 Å². The van der Waals surface area contributed by atoms with Crippen molar-refractivity contribution < 1.29 is 13.6 Å². The first-order valence-corrected chi connectivity index (χ1v) is 9.80. The highest BCUT2D eigenvalue weighted by atomic mass is 79.9. The maximum absolute atomic E-state index is 14.5. The number of benzene rings is 2. The van der Waals surface area contributed by atoms with Crippen molar-refractivity contribution in [2.75, 3.05) is 5.32 Å². The van der Waals surface area contributed by atoms with Crippen molar-refractivity contribution >= 4 is 27.5 Å². The van der Waals surface area contributed by atoms with Gasteiger partial charge in [0.1, 0.15) is 17.5 Å². The predicted molar refractivity (Wildman–Crippen MR) is 105 cm³/mol. The summed E-state index contributed by atoms with van der Waals surface area (Å²) in [5, 5.41) is 11.1. The fourth-order valence-corrected chi connectivity index (χ4v) is 3.86. The van der Waals surface area contributed by atoms with E-state index in [-0.39, 0.29) is 11.1 Å². The van der Waals surface area contributed by atoms with Crippen LogP contribution in [0.1, 0.15) is 35.4 Å². The normalized spacial score (nSPS) is 13.7. The molecule has 1 aromatic heterocycles. The van der Waals surface area contributed by atoms with Gasteiger partial charge in [-0.3, -0.25) is 4.79 Å². The highest BCUT2D eigenvalue weighted by molar-refractivity contribution is 9.10. The van der Waals surface area contributed by atoms with Crippen LogP contribution in [-0.4, -0.2) is 20.7 Å². The zero-order valence-corrected chi connectivity index (χ0v) is 16.5. The van der Waals surface area contributed by atoms with Crippen LogP contribution in [-0.2, 0) is 13.0 Å². The third-order valence-corrected chi connectivity index (χ3v) is 5.41. The zero-order chi connectivity index (χ0) is 19.7. The lowest BCUT2D eigenvalue weighted by atomic mass is 10.1. The fraction of sp³-hybridized carbons (Fsp3) is 0.250. The summed E-state index contributed by atoms with van der Waals surface area (Å²) in [6, 6.07) is 8.14. The van der Waals surface area contributed by atoms with Gasteiger partial charge < -0.3 is 9.88 Å². The van der Waals surface area contributed by atoms with E-state index in [2.05, 4.69) is 31.4 Å². The Bertz CT molecular complexity index is 1050. The molecule has 8 heteroatoms. The van der Waals surface area contributed by atoms with Gasteiger partial charge in [-0.05, 0) is 65.2 Å². The van der Waals surface area contributed by atoms with Crippen molar-refractivity contribution in [2.45, 2.75) is 32.2 Å². The molecule has 0 fully saturated rings. The van der Waals surface area contributed by atoms with Crippen molar-refractivity contribution in [1.29, 1.82) is 0 Å². The minimum Gasteiger partial charge on any atom is -0.322 e. The van der Waals surface area contributed by atoms with E-state index in [0.717, 1.165) is 38.1 Å². The van der Waals surface area contributed by atoms with Gasteiger partial charge in [-0.25, -0.2) is 8.78 Å². The lowest BCUT2D eigenvalue weighted by molar-refractivity contribution is 0.102. The molecule has 1 amide bonds. The number of carbonyl (C=O) groups is 1. The Balaban J connectivity index is 1.65. The molecule has 1 aliphatic rings. The van der Waals surface area contributed by atoms with Crippen LogP contribution < -0.4 is 5.32 Å². The molecule has 1 N–H and O–H groups in total. The standard InChI is InChI=1S/C20H17BrF2N4O/c21-16-10-12(22)5-7-14(16)20(28)24-13-6-8-17(23)15(11-13)19-26-25-18-4-2-1-3-9-27(18)19/h5-8,10-11H,1-4,9H2,(H,24,28). The van der Waals surface area contributed by atoms with Crippen LogP contribution in [0.5, 0.6) is 0 Å². The molecule has 0 radical (unpaired) electrons. The number of amides is 1. The molecule has 0 unspecified atom stereocenters. The van der Waals surface area contributed by atoms with Crippen LogP contribution in [0.4, 0.5) is 14.5 Å². The first-order valence-electron chi connectivity index (χ1n) is 9.01. The van der Waals surface area contributed by atoms with Gasteiger partial charge in [-0.1, -0.05) is 6.42 Å². The summed E-state index contributed by atoms with van der Waals surface area (Å²) in [5.74, 6) is 0.0231. The summed E-state index contributed by atoms with van der Waals surface area (Å²) < 4.78 is 30.1. The first-order chi connectivity index (χ1) is 13.5. The largest absolute Gasteiger partial charge is 0.322 e. The summed E-state index contributed by atoms with van der Waals surface area (Å²) in [6.45, 7) is 0.746. The third kappa shape index (κ3) is 3.69. The Hall–Kier alpha value is -2.61. The number of halogens is 3. The second-order valence-electron chi connectivity index (χ2n) is 6.68. The Morgan fingerprint density at radius 1 is 1.07 bits per heavy atom. The number of rotatable bonds is 3. The Morgan fingerprint density at radius 2 is 1.93 bits per heavy atom. The van der Waals surface area contributed by atoms with Gasteiger partial charge >= 0.3 is 0 Å². The van der Waals surface area contributed by atoms with Gasteiger partial charge in [0, 0.05) is 23.1 Å². The number of aryl methyl sites for hydroxylation is 1. The van der Waals surface area contributed by atoms with Crippen LogP contribution >= 0.6 is 15.9 Å². The third-order valence-electron chi connectivity index (χ3n) is 4.75. The minimum atomic E-state index is -0.444. The maximum Gasteiger partial charge on any atom is 0.256 e. The second-order valence-corrected chi connectivity index (χ2v) is 7.53. The average Bonchev–Trinajstić information content (AvgIpc) is 2.91. The molecule has 0 spiro atoms. The van der Waals surface area contributed by atoms with Gasteiger partial charge in [-0.15, -0.1) is 10.2 Å². The fourth-order valence-electron chi connectivity index (χ4n) is 3.33. The number of hydrogen-bond donors (Lipinski definition) is 1. The summed E-state index contributed by atoms with van der Waals surface area (Å²) in [5.41, 5.74) is 0.990. The highest BCUT2D eigenvalue weighted by Gasteiger charge is 2.19. The van der Waals surface area contributed by atoms with Gasteiger partial charge in [0.15, 0.2) is 5.82 Å². The summed E-state index contributed by atoms with van der Waals surface area (Å²) >= 11 is 3.18. The van der Waals surface area contributed by atoms with E-state index in [4.69, 9.17) is 0 Å². The predicted octanol–water partition coefficient (Wildman–Crippen LogP) is 4.96. The van der Waals surface area contributed by atoms with Gasteiger partial charge in [0.25, 0.3) is 5.91 Å². The summed E-state index contributed by atoms with van der Waals surface area (Å²) in [6.07, 6.45) is 3.97. The molecule has 0 atom stereocenters. The maximum atomic E-state index is 14.5. The lowest BCUT2D eigenvalue weighted by Gasteiger charge is -2.11. The van der Waals surface area contributed by atoms with E-state index in [0.29, 0.717) is 16.0 Å². The summed E-state index contributed by atoms with van der Waals surface area (Å²) in [4.78, 5) is 12.5.